The second-order valence-corrected chi connectivity index (χ2v) is 6.56. The third-order valence-electron chi connectivity index (χ3n) is 3.32. The van der Waals surface area contributed by atoms with Gasteiger partial charge in [-0.3, -0.25) is 0 Å². The maximum absolute atomic E-state index is 6.09. The van der Waals surface area contributed by atoms with Gasteiger partial charge in [-0.05, 0) is 54.8 Å². The van der Waals surface area contributed by atoms with Crippen molar-refractivity contribution in [2.45, 2.75) is 40.3 Å². The van der Waals surface area contributed by atoms with Crippen LogP contribution in [0.2, 0.25) is 0 Å². The van der Waals surface area contributed by atoms with E-state index in [9.17, 15) is 0 Å². The number of rotatable bonds is 5. The van der Waals surface area contributed by atoms with Crippen LogP contribution >= 0.6 is 15.9 Å². The molecule has 2 rings (SSSR count). The minimum Gasteiger partial charge on any atom is -0.457 e. The highest BCUT2D eigenvalue weighted by atomic mass is 79.9. The quantitative estimate of drug-likeness (QED) is 0.786. The van der Waals surface area contributed by atoms with Crippen LogP contribution in [0.15, 0.2) is 40.9 Å². The monoisotopic (exact) mass is 347 g/mol. The second kappa shape index (κ2) is 7.10. The van der Waals surface area contributed by atoms with Crippen molar-refractivity contribution in [3.63, 3.8) is 0 Å². The predicted molar refractivity (Wildman–Crippen MR) is 92.1 cm³/mol. The molecular weight excluding hydrogens is 326 g/mol. The van der Waals surface area contributed by atoms with E-state index >= 15 is 0 Å². The molecule has 0 aliphatic rings. The van der Waals surface area contributed by atoms with Crippen molar-refractivity contribution >= 4 is 15.9 Å². The zero-order chi connectivity index (χ0) is 15.4. The van der Waals surface area contributed by atoms with Gasteiger partial charge in [0, 0.05) is 17.1 Å². The number of ether oxygens (including phenoxy) is 1. The molecule has 2 aromatic rings. The van der Waals surface area contributed by atoms with Crippen molar-refractivity contribution in [2.24, 2.45) is 0 Å². The van der Waals surface area contributed by atoms with Crippen molar-refractivity contribution in [1.29, 1.82) is 0 Å². The molecule has 21 heavy (non-hydrogen) atoms. The van der Waals surface area contributed by atoms with E-state index in [-0.39, 0.29) is 0 Å². The molecule has 0 saturated carbocycles. The summed E-state index contributed by atoms with van der Waals surface area (Å²) in [6, 6.07) is 12.9. The van der Waals surface area contributed by atoms with Gasteiger partial charge in [0.25, 0.3) is 0 Å². The van der Waals surface area contributed by atoms with Crippen molar-refractivity contribution in [1.82, 2.24) is 5.32 Å². The van der Waals surface area contributed by atoms with E-state index < -0.39 is 0 Å². The zero-order valence-electron chi connectivity index (χ0n) is 13.0. The average Bonchev–Trinajstić information content (AvgIpc) is 2.42. The van der Waals surface area contributed by atoms with Crippen LogP contribution in [0.4, 0.5) is 0 Å². The Labute approximate surface area is 135 Å². The SMILES string of the molecule is Cc1cc(Br)ccc1Oc1cc(CNC(C)C)ccc1C. The lowest BCUT2D eigenvalue weighted by Crippen LogP contribution is -2.21. The maximum Gasteiger partial charge on any atom is 0.130 e. The fourth-order valence-electron chi connectivity index (χ4n) is 2.03. The Hall–Kier alpha value is -1.32. The third kappa shape index (κ3) is 4.58. The Morgan fingerprint density at radius 3 is 2.43 bits per heavy atom. The topological polar surface area (TPSA) is 21.3 Å². The van der Waals surface area contributed by atoms with Crippen LogP contribution in [0, 0.1) is 13.8 Å². The molecule has 0 aliphatic heterocycles. The second-order valence-electron chi connectivity index (χ2n) is 5.65. The highest BCUT2D eigenvalue weighted by Crippen LogP contribution is 2.30. The lowest BCUT2D eigenvalue weighted by molar-refractivity contribution is 0.473. The van der Waals surface area contributed by atoms with Crippen LogP contribution < -0.4 is 10.1 Å². The molecule has 0 atom stereocenters. The highest BCUT2D eigenvalue weighted by Gasteiger charge is 2.06. The van der Waals surface area contributed by atoms with Gasteiger partial charge in [-0.1, -0.05) is 41.9 Å². The first-order valence-electron chi connectivity index (χ1n) is 7.22. The van der Waals surface area contributed by atoms with Gasteiger partial charge in [0.2, 0.25) is 0 Å². The number of nitrogens with one attached hydrogen (secondary N) is 1. The van der Waals surface area contributed by atoms with Gasteiger partial charge in [0.15, 0.2) is 0 Å². The van der Waals surface area contributed by atoms with Crippen molar-refractivity contribution < 1.29 is 4.74 Å². The lowest BCUT2D eigenvalue weighted by Gasteiger charge is -2.14. The summed E-state index contributed by atoms with van der Waals surface area (Å²) in [5, 5.41) is 3.43. The number of aryl methyl sites for hydroxylation is 2. The van der Waals surface area contributed by atoms with E-state index in [0.29, 0.717) is 6.04 Å². The Balaban J connectivity index is 2.20. The summed E-state index contributed by atoms with van der Waals surface area (Å²) in [6.07, 6.45) is 0. The van der Waals surface area contributed by atoms with Crippen LogP contribution in [0.5, 0.6) is 11.5 Å². The van der Waals surface area contributed by atoms with Crippen LogP contribution in [0.25, 0.3) is 0 Å². The first-order chi connectivity index (χ1) is 9.95. The molecule has 1 N–H and O–H groups in total. The Bertz CT molecular complexity index is 623. The molecule has 0 heterocycles. The van der Waals surface area contributed by atoms with E-state index in [4.69, 9.17) is 4.74 Å². The standard InChI is InChI=1S/C18H22BrNO/c1-12(2)20-11-15-6-5-13(3)18(10-15)21-17-8-7-16(19)9-14(17)4/h5-10,12,20H,11H2,1-4H3. The first kappa shape index (κ1) is 16.1. The van der Waals surface area contributed by atoms with E-state index in [2.05, 4.69) is 73.2 Å². The summed E-state index contributed by atoms with van der Waals surface area (Å²) < 4.78 is 7.16. The maximum atomic E-state index is 6.09. The molecule has 0 aliphatic carbocycles. The Morgan fingerprint density at radius 1 is 1.00 bits per heavy atom. The van der Waals surface area contributed by atoms with E-state index in [0.717, 1.165) is 33.6 Å². The van der Waals surface area contributed by atoms with Crippen LogP contribution in [-0.4, -0.2) is 6.04 Å². The van der Waals surface area contributed by atoms with E-state index in [1.54, 1.807) is 0 Å². The summed E-state index contributed by atoms with van der Waals surface area (Å²) in [5.41, 5.74) is 3.50. The number of hydrogen-bond donors (Lipinski definition) is 1. The normalized spacial score (nSPS) is 11.0. The van der Waals surface area contributed by atoms with E-state index in [1.807, 2.05) is 12.1 Å². The van der Waals surface area contributed by atoms with Crippen molar-refractivity contribution in [3.8, 4) is 11.5 Å². The molecule has 112 valence electrons. The predicted octanol–water partition coefficient (Wildman–Crippen LogP) is 5.36. The Morgan fingerprint density at radius 2 is 1.76 bits per heavy atom. The molecule has 0 radical (unpaired) electrons. The molecule has 0 fully saturated rings. The number of halogens is 1. The largest absolute Gasteiger partial charge is 0.457 e. The highest BCUT2D eigenvalue weighted by molar-refractivity contribution is 9.10. The van der Waals surface area contributed by atoms with Gasteiger partial charge in [-0.15, -0.1) is 0 Å². The molecule has 0 unspecified atom stereocenters. The van der Waals surface area contributed by atoms with Gasteiger partial charge in [0.1, 0.15) is 11.5 Å². The summed E-state index contributed by atoms with van der Waals surface area (Å²) >= 11 is 3.48. The number of benzene rings is 2. The van der Waals surface area contributed by atoms with Crippen LogP contribution in [-0.2, 0) is 6.54 Å². The minimum absolute atomic E-state index is 0.476. The fourth-order valence-corrected chi connectivity index (χ4v) is 2.51. The summed E-state index contributed by atoms with van der Waals surface area (Å²) in [5.74, 6) is 1.82. The van der Waals surface area contributed by atoms with Crippen molar-refractivity contribution in [3.05, 3.63) is 57.6 Å². The lowest BCUT2D eigenvalue weighted by atomic mass is 10.1. The number of hydrogen-bond acceptors (Lipinski definition) is 2. The van der Waals surface area contributed by atoms with Crippen LogP contribution in [0.3, 0.4) is 0 Å². The van der Waals surface area contributed by atoms with E-state index in [1.165, 1.54) is 5.56 Å². The molecule has 0 spiro atoms. The van der Waals surface area contributed by atoms with Gasteiger partial charge < -0.3 is 10.1 Å². The van der Waals surface area contributed by atoms with Gasteiger partial charge in [0.05, 0.1) is 0 Å². The molecular formula is C18H22BrNO. The van der Waals surface area contributed by atoms with Gasteiger partial charge >= 0.3 is 0 Å². The molecule has 0 amide bonds. The van der Waals surface area contributed by atoms with Crippen molar-refractivity contribution in [2.75, 3.05) is 0 Å². The first-order valence-corrected chi connectivity index (χ1v) is 8.02. The summed E-state index contributed by atoms with van der Waals surface area (Å²) in [7, 11) is 0. The smallest absolute Gasteiger partial charge is 0.130 e. The minimum atomic E-state index is 0.476. The molecule has 0 saturated heterocycles. The Kier molecular flexibility index (Phi) is 5.43. The van der Waals surface area contributed by atoms with Gasteiger partial charge in [-0.2, -0.15) is 0 Å². The fraction of sp³-hybridized carbons (Fsp3) is 0.333. The van der Waals surface area contributed by atoms with Gasteiger partial charge in [-0.25, -0.2) is 0 Å². The molecule has 3 heteroatoms. The molecule has 0 bridgehead atoms. The molecule has 0 aromatic heterocycles. The van der Waals surface area contributed by atoms with Crippen LogP contribution in [0.1, 0.15) is 30.5 Å². The molecule has 2 nitrogen and oxygen atoms in total. The molecule has 2 aromatic carbocycles. The zero-order valence-corrected chi connectivity index (χ0v) is 14.6. The third-order valence-corrected chi connectivity index (χ3v) is 3.82. The summed E-state index contributed by atoms with van der Waals surface area (Å²) in [6.45, 7) is 9.28. The average molecular weight is 348 g/mol. The summed E-state index contributed by atoms with van der Waals surface area (Å²) in [4.78, 5) is 0.